The number of benzene rings is 1. The normalized spacial score (nSPS) is 17.7. The maximum Gasteiger partial charge on any atom is 0.263 e. The molecule has 2 aromatic rings. The van der Waals surface area contributed by atoms with Gasteiger partial charge in [-0.1, -0.05) is 18.2 Å². The van der Waals surface area contributed by atoms with E-state index in [1.165, 1.54) is 23.4 Å². The van der Waals surface area contributed by atoms with Gasteiger partial charge in [-0.25, -0.2) is 4.98 Å². The number of anilines is 1. The Hall–Kier alpha value is -1.88. The van der Waals surface area contributed by atoms with Gasteiger partial charge in [-0.15, -0.1) is 11.3 Å². The third-order valence-electron chi connectivity index (χ3n) is 4.07. The van der Waals surface area contributed by atoms with E-state index in [9.17, 15) is 4.79 Å². The second-order valence-corrected chi connectivity index (χ2v) is 6.89. The van der Waals surface area contributed by atoms with Crippen molar-refractivity contribution in [3.63, 3.8) is 0 Å². The zero-order valence-electron chi connectivity index (χ0n) is 13.0. The van der Waals surface area contributed by atoms with Crippen molar-refractivity contribution >= 4 is 22.9 Å². The Balaban J connectivity index is 1.63. The first-order valence-electron chi connectivity index (χ1n) is 7.69. The smallest absolute Gasteiger partial charge is 0.263 e. The Bertz CT molecular complexity index is 653. The number of hydrogen-bond donors (Lipinski definition) is 1. The molecule has 1 saturated heterocycles. The molecular weight excluding hydrogens is 294 g/mol. The van der Waals surface area contributed by atoms with Crippen LogP contribution in [-0.2, 0) is 0 Å². The summed E-state index contributed by atoms with van der Waals surface area (Å²) in [7, 11) is 0. The molecule has 0 aliphatic carbocycles. The van der Waals surface area contributed by atoms with Gasteiger partial charge in [0.25, 0.3) is 5.91 Å². The molecule has 0 spiro atoms. The molecule has 22 heavy (non-hydrogen) atoms. The zero-order chi connectivity index (χ0) is 15.5. The Morgan fingerprint density at radius 1 is 1.36 bits per heavy atom. The van der Waals surface area contributed by atoms with E-state index >= 15 is 0 Å². The second-order valence-electron chi connectivity index (χ2n) is 5.68. The molecule has 4 nitrogen and oxygen atoms in total. The van der Waals surface area contributed by atoms with E-state index in [-0.39, 0.29) is 5.91 Å². The van der Waals surface area contributed by atoms with Crippen LogP contribution in [0.5, 0.6) is 0 Å². The summed E-state index contributed by atoms with van der Waals surface area (Å²) in [5.74, 6) is 0.00279. The van der Waals surface area contributed by atoms with Gasteiger partial charge >= 0.3 is 0 Å². The van der Waals surface area contributed by atoms with Gasteiger partial charge in [-0.2, -0.15) is 0 Å². The van der Waals surface area contributed by atoms with Gasteiger partial charge in [0.2, 0.25) is 0 Å². The summed E-state index contributed by atoms with van der Waals surface area (Å²) in [5.41, 5.74) is 2.07. The molecule has 0 bridgehead atoms. The Labute approximate surface area is 135 Å². The fraction of sp³-hybridized carbons (Fsp3) is 0.412. The molecule has 1 aromatic carbocycles. The van der Waals surface area contributed by atoms with Gasteiger partial charge in [0.15, 0.2) is 0 Å². The highest BCUT2D eigenvalue weighted by molar-refractivity contribution is 7.13. The largest absolute Gasteiger partial charge is 0.367 e. The minimum Gasteiger partial charge on any atom is -0.367 e. The molecule has 1 aliphatic rings. The van der Waals surface area contributed by atoms with Crippen molar-refractivity contribution in [2.75, 3.05) is 18.0 Å². The number of nitrogens with one attached hydrogen (secondary N) is 1. The zero-order valence-corrected chi connectivity index (χ0v) is 13.8. The van der Waals surface area contributed by atoms with Gasteiger partial charge in [-0.05, 0) is 38.8 Å². The van der Waals surface area contributed by atoms with Crippen molar-refractivity contribution in [1.82, 2.24) is 10.3 Å². The highest BCUT2D eigenvalue weighted by atomic mass is 32.1. The lowest BCUT2D eigenvalue weighted by Crippen LogP contribution is -2.40. The molecule has 1 aliphatic heterocycles. The highest BCUT2D eigenvalue weighted by Crippen LogP contribution is 2.25. The number of hydrogen-bond acceptors (Lipinski definition) is 4. The summed E-state index contributed by atoms with van der Waals surface area (Å²) in [4.78, 5) is 19.8. The van der Waals surface area contributed by atoms with Gasteiger partial charge in [0.1, 0.15) is 4.88 Å². The van der Waals surface area contributed by atoms with Crippen LogP contribution in [0.3, 0.4) is 0 Å². The third-order valence-corrected chi connectivity index (χ3v) is 5.14. The van der Waals surface area contributed by atoms with Crippen LogP contribution in [0.2, 0.25) is 0 Å². The Morgan fingerprint density at radius 3 is 2.82 bits per heavy atom. The summed E-state index contributed by atoms with van der Waals surface area (Å²) in [5, 5.41) is 4.02. The van der Waals surface area contributed by atoms with E-state index in [0.29, 0.717) is 12.6 Å². The fourth-order valence-corrected chi connectivity index (χ4v) is 3.88. The predicted octanol–water partition coefficient (Wildman–Crippen LogP) is 3.16. The first-order valence-corrected chi connectivity index (χ1v) is 8.50. The molecule has 116 valence electrons. The summed E-state index contributed by atoms with van der Waals surface area (Å²) in [6.45, 7) is 5.57. The maximum absolute atomic E-state index is 12.3. The van der Waals surface area contributed by atoms with Crippen LogP contribution < -0.4 is 10.2 Å². The minimum absolute atomic E-state index is 0.00279. The molecule has 3 rings (SSSR count). The van der Waals surface area contributed by atoms with Crippen LogP contribution in [0, 0.1) is 13.8 Å². The number of aromatic nitrogens is 1. The van der Waals surface area contributed by atoms with Gasteiger partial charge in [0.05, 0.1) is 10.7 Å². The average molecular weight is 315 g/mol. The summed E-state index contributed by atoms with van der Waals surface area (Å²) >= 11 is 1.47. The van der Waals surface area contributed by atoms with Crippen molar-refractivity contribution in [2.24, 2.45) is 0 Å². The first kappa shape index (κ1) is 15.0. The molecule has 0 unspecified atom stereocenters. The van der Waals surface area contributed by atoms with Crippen LogP contribution in [0.25, 0.3) is 0 Å². The lowest BCUT2D eigenvalue weighted by Gasteiger charge is -2.27. The highest BCUT2D eigenvalue weighted by Gasteiger charge is 2.25. The number of aryl methyl sites for hydroxylation is 2. The molecule has 5 heteroatoms. The van der Waals surface area contributed by atoms with Crippen molar-refractivity contribution in [2.45, 2.75) is 32.7 Å². The predicted molar refractivity (Wildman–Crippen MR) is 90.7 cm³/mol. The van der Waals surface area contributed by atoms with Crippen LogP contribution >= 0.6 is 11.3 Å². The van der Waals surface area contributed by atoms with Crippen molar-refractivity contribution in [3.05, 3.63) is 45.9 Å². The summed E-state index contributed by atoms with van der Waals surface area (Å²) in [6.07, 6.45) is 2.30. The molecule has 1 atom stereocenters. The number of nitrogens with zero attached hydrogens (tertiary/aromatic N) is 2. The summed E-state index contributed by atoms with van der Waals surface area (Å²) < 4.78 is 0. The van der Waals surface area contributed by atoms with E-state index in [4.69, 9.17) is 0 Å². The monoisotopic (exact) mass is 315 g/mol. The van der Waals surface area contributed by atoms with Crippen LogP contribution in [0.1, 0.15) is 33.2 Å². The Morgan fingerprint density at radius 2 is 2.14 bits per heavy atom. The fourth-order valence-electron chi connectivity index (χ4n) is 3.04. The van der Waals surface area contributed by atoms with Crippen LogP contribution in [-0.4, -0.2) is 30.0 Å². The number of para-hydroxylation sites is 1. The van der Waals surface area contributed by atoms with Gasteiger partial charge in [0, 0.05) is 24.8 Å². The number of thiazole rings is 1. The molecule has 0 saturated carbocycles. The molecule has 1 fully saturated rings. The Kier molecular flexibility index (Phi) is 4.43. The van der Waals surface area contributed by atoms with Crippen LogP contribution in [0.15, 0.2) is 30.3 Å². The van der Waals surface area contributed by atoms with E-state index < -0.39 is 0 Å². The lowest BCUT2D eigenvalue weighted by molar-refractivity contribution is 0.0954. The standard InChI is InChI=1S/C17H21N3OS/c1-12-16(22-13(2)19-12)17(21)18-11-15-9-6-10-20(15)14-7-4-3-5-8-14/h3-5,7-8,15H,6,9-11H2,1-2H3,(H,18,21)/t15-/m0/s1. The van der Waals surface area contributed by atoms with Crippen LogP contribution in [0.4, 0.5) is 5.69 Å². The second kappa shape index (κ2) is 6.48. The number of rotatable bonds is 4. The SMILES string of the molecule is Cc1nc(C)c(C(=O)NC[C@@H]2CCCN2c2ccccc2)s1. The van der Waals surface area contributed by atoms with Gasteiger partial charge < -0.3 is 10.2 Å². The number of carbonyl (C=O) groups excluding carboxylic acids is 1. The lowest BCUT2D eigenvalue weighted by atomic mass is 10.2. The first-order chi connectivity index (χ1) is 10.6. The molecule has 1 aromatic heterocycles. The topological polar surface area (TPSA) is 45.2 Å². The number of carbonyl (C=O) groups is 1. The maximum atomic E-state index is 12.3. The van der Waals surface area contributed by atoms with E-state index in [2.05, 4.69) is 39.5 Å². The molecule has 1 amide bonds. The van der Waals surface area contributed by atoms with Crippen molar-refractivity contribution < 1.29 is 4.79 Å². The van der Waals surface area contributed by atoms with E-state index in [1.807, 2.05) is 19.9 Å². The van der Waals surface area contributed by atoms with E-state index in [1.54, 1.807) is 0 Å². The molecule has 0 radical (unpaired) electrons. The molecular formula is C17H21N3OS. The summed E-state index contributed by atoms with van der Waals surface area (Å²) in [6, 6.07) is 10.8. The number of amides is 1. The average Bonchev–Trinajstić information content (AvgIpc) is 3.12. The van der Waals surface area contributed by atoms with E-state index in [0.717, 1.165) is 28.5 Å². The van der Waals surface area contributed by atoms with Gasteiger partial charge in [-0.3, -0.25) is 4.79 Å². The molecule has 1 N–H and O–H groups in total. The third kappa shape index (κ3) is 3.14. The molecule has 2 heterocycles. The quantitative estimate of drug-likeness (QED) is 0.942. The van der Waals surface area contributed by atoms with Crippen molar-refractivity contribution in [3.8, 4) is 0 Å². The minimum atomic E-state index is 0.00279. The van der Waals surface area contributed by atoms with Crippen molar-refractivity contribution in [1.29, 1.82) is 0 Å².